The smallest absolute Gasteiger partial charge is 0.329 e. The summed E-state index contributed by atoms with van der Waals surface area (Å²) >= 11 is 0. The minimum absolute atomic E-state index is 0.0948. The van der Waals surface area contributed by atoms with E-state index in [0.717, 1.165) is 25.7 Å². The second-order valence-electron chi connectivity index (χ2n) is 11.3. The highest BCUT2D eigenvalue weighted by atomic mass is 19.1. The molecule has 1 fully saturated rings. The standard InChI is InChI=1S/C31H48FN3O5/c1-6-8-9-10-11-12-13-21(4)26-19-27(36)34-25(18-23-14-16-24(32)17-15-23)30(38)33-22(5)29(37)35-28(20(3)7-2)31(39)40-26/h14-17,20-22,25-26,28H,6-13,18-19H2,1-5H3,(H,33,38)(H,34,36)(H,35,37)/t20-,21-,22-,25-,26-,28+/m0/s1. The van der Waals surface area contributed by atoms with Gasteiger partial charge in [-0.3, -0.25) is 14.4 Å². The summed E-state index contributed by atoms with van der Waals surface area (Å²) in [6, 6.07) is 2.83. The van der Waals surface area contributed by atoms with Crippen LogP contribution in [0.5, 0.6) is 0 Å². The topological polar surface area (TPSA) is 114 Å². The summed E-state index contributed by atoms with van der Waals surface area (Å²) < 4.78 is 19.4. The van der Waals surface area contributed by atoms with Gasteiger partial charge in [-0.25, -0.2) is 9.18 Å². The van der Waals surface area contributed by atoms with Gasteiger partial charge in [0.05, 0.1) is 6.42 Å². The van der Waals surface area contributed by atoms with Gasteiger partial charge in [0.1, 0.15) is 30.0 Å². The van der Waals surface area contributed by atoms with Crippen molar-refractivity contribution in [2.45, 2.75) is 123 Å². The van der Waals surface area contributed by atoms with Gasteiger partial charge in [0, 0.05) is 6.42 Å². The lowest BCUT2D eigenvalue weighted by Crippen LogP contribution is -2.55. The SMILES string of the molecule is CCCCCCCC[C@H](C)[C@@H]1CC(=O)N[C@@H](Cc2ccc(F)cc2)C(=O)N[C@@H](C)C(=O)N[C@H]([C@@H](C)CC)C(=O)O1. The molecule has 224 valence electrons. The molecule has 9 heteroatoms. The van der Waals surface area contributed by atoms with Crippen molar-refractivity contribution in [3.8, 4) is 0 Å². The number of unbranched alkanes of at least 4 members (excludes halogenated alkanes) is 5. The Labute approximate surface area is 238 Å². The molecule has 0 aromatic heterocycles. The van der Waals surface area contributed by atoms with Crippen LogP contribution in [-0.4, -0.2) is 47.9 Å². The second kappa shape index (κ2) is 17.0. The molecule has 1 saturated heterocycles. The lowest BCUT2D eigenvalue weighted by Gasteiger charge is -2.29. The highest BCUT2D eigenvalue weighted by molar-refractivity contribution is 5.94. The Morgan fingerprint density at radius 1 is 0.875 bits per heavy atom. The van der Waals surface area contributed by atoms with Crippen LogP contribution in [-0.2, 0) is 30.3 Å². The summed E-state index contributed by atoms with van der Waals surface area (Å²) in [5.74, 6) is -2.77. The summed E-state index contributed by atoms with van der Waals surface area (Å²) in [6.45, 7) is 9.44. The van der Waals surface area contributed by atoms with Crippen LogP contribution >= 0.6 is 0 Å². The third-order valence-electron chi connectivity index (χ3n) is 7.82. The number of carbonyl (C=O) groups excluding carboxylic acids is 4. The van der Waals surface area contributed by atoms with Gasteiger partial charge in [0.15, 0.2) is 0 Å². The van der Waals surface area contributed by atoms with Crippen molar-refractivity contribution in [3.63, 3.8) is 0 Å². The molecule has 40 heavy (non-hydrogen) atoms. The van der Waals surface area contributed by atoms with E-state index in [4.69, 9.17) is 4.74 Å². The zero-order valence-corrected chi connectivity index (χ0v) is 24.8. The average molecular weight is 562 g/mol. The Morgan fingerprint density at radius 3 is 2.17 bits per heavy atom. The van der Waals surface area contributed by atoms with Crippen LogP contribution in [0.1, 0.15) is 98.0 Å². The van der Waals surface area contributed by atoms with Crippen molar-refractivity contribution in [2.24, 2.45) is 11.8 Å². The fourth-order valence-corrected chi connectivity index (χ4v) is 4.84. The van der Waals surface area contributed by atoms with E-state index in [1.165, 1.54) is 38.3 Å². The van der Waals surface area contributed by atoms with Crippen molar-refractivity contribution >= 4 is 23.7 Å². The number of benzene rings is 1. The Hall–Kier alpha value is -2.97. The monoisotopic (exact) mass is 561 g/mol. The van der Waals surface area contributed by atoms with Crippen LogP contribution in [0.15, 0.2) is 24.3 Å². The molecule has 6 atom stereocenters. The van der Waals surface area contributed by atoms with Crippen molar-refractivity contribution in [3.05, 3.63) is 35.6 Å². The Bertz CT molecular complexity index is 970. The van der Waals surface area contributed by atoms with E-state index >= 15 is 0 Å². The molecule has 1 aromatic rings. The Kier molecular flexibility index (Phi) is 14.1. The molecule has 1 heterocycles. The number of carbonyl (C=O) groups is 4. The molecule has 0 saturated carbocycles. The number of esters is 1. The Balaban J connectivity index is 2.29. The molecule has 2 rings (SSSR count). The molecular formula is C31H48FN3O5. The summed E-state index contributed by atoms with van der Waals surface area (Å²) in [5.41, 5.74) is 0.652. The largest absolute Gasteiger partial charge is 0.460 e. The minimum atomic E-state index is -0.996. The third-order valence-corrected chi connectivity index (χ3v) is 7.82. The van der Waals surface area contributed by atoms with E-state index < -0.39 is 53.7 Å². The summed E-state index contributed by atoms with van der Waals surface area (Å²) in [5, 5.41) is 8.19. The maximum absolute atomic E-state index is 13.4. The fraction of sp³-hybridized carbons (Fsp3) is 0.677. The van der Waals surface area contributed by atoms with Crippen LogP contribution in [0.4, 0.5) is 4.39 Å². The quantitative estimate of drug-likeness (QED) is 0.255. The lowest BCUT2D eigenvalue weighted by atomic mass is 9.93. The summed E-state index contributed by atoms with van der Waals surface area (Å²) in [4.78, 5) is 52.8. The van der Waals surface area contributed by atoms with Gasteiger partial charge in [-0.2, -0.15) is 0 Å². The van der Waals surface area contributed by atoms with Gasteiger partial charge < -0.3 is 20.7 Å². The van der Waals surface area contributed by atoms with E-state index in [0.29, 0.717) is 12.0 Å². The van der Waals surface area contributed by atoms with E-state index in [2.05, 4.69) is 22.9 Å². The number of hydrogen-bond acceptors (Lipinski definition) is 5. The molecule has 0 aliphatic carbocycles. The molecule has 0 bridgehead atoms. The first-order valence-corrected chi connectivity index (χ1v) is 14.9. The number of rotatable bonds is 12. The number of halogens is 1. The summed E-state index contributed by atoms with van der Waals surface area (Å²) in [6.07, 6.45) is 7.46. The highest BCUT2D eigenvalue weighted by Gasteiger charge is 2.35. The molecule has 0 spiro atoms. The zero-order valence-electron chi connectivity index (χ0n) is 24.8. The van der Waals surface area contributed by atoms with Crippen molar-refractivity contribution in [1.29, 1.82) is 0 Å². The molecule has 1 aliphatic heterocycles. The van der Waals surface area contributed by atoms with Crippen LogP contribution in [0.3, 0.4) is 0 Å². The Morgan fingerprint density at radius 2 is 1.52 bits per heavy atom. The summed E-state index contributed by atoms with van der Waals surface area (Å²) in [7, 11) is 0. The molecule has 0 unspecified atom stereocenters. The molecule has 1 aromatic carbocycles. The molecule has 3 amide bonds. The van der Waals surface area contributed by atoms with Gasteiger partial charge in [-0.15, -0.1) is 0 Å². The minimum Gasteiger partial charge on any atom is -0.460 e. The van der Waals surface area contributed by atoms with Gasteiger partial charge >= 0.3 is 5.97 Å². The highest BCUT2D eigenvalue weighted by Crippen LogP contribution is 2.22. The number of nitrogens with one attached hydrogen (secondary N) is 3. The molecular weight excluding hydrogens is 513 g/mol. The van der Waals surface area contributed by atoms with E-state index in [1.807, 2.05) is 20.8 Å². The zero-order chi connectivity index (χ0) is 29.7. The number of amides is 3. The van der Waals surface area contributed by atoms with E-state index in [9.17, 15) is 23.6 Å². The first-order chi connectivity index (χ1) is 19.0. The molecule has 8 nitrogen and oxygen atoms in total. The van der Waals surface area contributed by atoms with Crippen LogP contribution < -0.4 is 16.0 Å². The van der Waals surface area contributed by atoms with Crippen molar-refractivity contribution < 1.29 is 28.3 Å². The van der Waals surface area contributed by atoms with Gasteiger partial charge in [0.25, 0.3) is 0 Å². The number of ether oxygens (including phenoxy) is 1. The molecule has 1 aliphatic rings. The molecule has 3 N–H and O–H groups in total. The third kappa shape index (κ3) is 10.9. The van der Waals surface area contributed by atoms with Gasteiger partial charge in [-0.05, 0) is 42.9 Å². The first-order valence-electron chi connectivity index (χ1n) is 14.9. The van der Waals surface area contributed by atoms with E-state index in [-0.39, 0.29) is 24.7 Å². The van der Waals surface area contributed by atoms with Crippen LogP contribution in [0.25, 0.3) is 0 Å². The predicted octanol–water partition coefficient (Wildman–Crippen LogP) is 4.59. The van der Waals surface area contributed by atoms with Gasteiger partial charge in [-0.1, -0.05) is 84.8 Å². The van der Waals surface area contributed by atoms with Gasteiger partial charge in [0.2, 0.25) is 17.7 Å². The lowest BCUT2D eigenvalue weighted by molar-refractivity contribution is -0.158. The molecule has 0 radical (unpaired) electrons. The van der Waals surface area contributed by atoms with Crippen molar-refractivity contribution in [2.75, 3.05) is 0 Å². The maximum atomic E-state index is 13.4. The second-order valence-corrected chi connectivity index (χ2v) is 11.3. The number of hydrogen-bond donors (Lipinski definition) is 3. The van der Waals surface area contributed by atoms with Crippen molar-refractivity contribution in [1.82, 2.24) is 16.0 Å². The normalized spacial score (nSPS) is 24.4. The van der Waals surface area contributed by atoms with Crippen LogP contribution in [0, 0.1) is 17.7 Å². The van der Waals surface area contributed by atoms with Crippen LogP contribution in [0.2, 0.25) is 0 Å². The van der Waals surface area contributed by atoms with E-state index in [1.54, 1.807) is 12.1 Å². The first kappa shape index (κ1) is 33.2. The predicted molar refractivity (Wildman–Crippen MR) is 153 cm³/mol. The number of cyclic esters (lactones) is 1. The fourth-order valence-electron chi connectivity index (χ4n) is 4.84. The average Bonchev–Trinajstić information content (AvgIpc) is 2.93. The maximum Gasteiger partial charge on any atom is 0.329 e.